The van der Waals surface area contributed by atoms with Crippen molar-refractivity contribution in [2.24, 2.45) is 11.3 Å². The van der Waals surface area contributed by atoms with Crippen molar-refractivity contribution in [3.63, 3.8) is 0 Å². The summed E-state index contributed by atoms with van der Waals surface area (Å²) in [6.45, 7) is 9.10. The van der Waals surface area contributed by atoms with Crippen LogP contribution in [0.1, 0.15) is 40.5 Å². The Labute approximate surface area is 70.0 Å². The molecule has 0 aromatic heterocycles. The summed E-state index contributed by atoms with van der Waals surface area (Å²) < 4.78 is 0. The van der Waals surface area contributed by atoms with Gasteiger partial charge in [-0.15, -0.1) is 11.6 Å². The van der Waals surface area contributed by atoms with Crippen molar-refractivity contribution >= 4 is 11.6 Å². The van der Waals surface area contributed by atoms with Crippen LogP contribution in [0.25, 0.3) is 0 Å². The molecule has 0 heterocycles. The van der Waals surface area contributed by atoms with Crippen LogP contribution in [0.3, 0.4) is 0 Å². The summed E-state index contributed by atoms with van der Waals surface area (Å²) in [6, 6.07) is 0. The number of halogens is 1. The van der Waals surface area contributed by atoms with Crippen molar-refractivity contribution in [2.75, 3.05) is 5.88 Å². The highest BCUT2D eigenvalue weighted by Gasteiger charge is 2.14. The van der Waals surface area contributed by atoms with Gasteiger partial charge in [0.2, 0.25) is 0 Å². The summed E-state index contributed by atoms with van der Waals surface area (Å²) in [5, 5.41) is 0. The topological polar surface area (TPSA) is 0 Å². The summed E-state index contributed by atoms with van der Waals surface area (Å²) >= 11 is 5.63. The lowest BCUT2D eigenvalue weighted by molar-refractivity contribution is 0.303. The van der Waals surface area contributed by atoms with Crippen LogP contribution in [0.5, 0.6) is 0 Å². The zero-order chi connectivity index (χ0) is 8.20. The van der Waals surface area contributed by atoms with Gasteiger partial charge in [-0.05, 0) is 24.2 Å². The van der Waals surface area contributed by atoms with E-state index in [-0.39, 0.29) is 0 Å². The maximum absolute atomic E-state index is 5.63. The van der Waals surface area contributed by atoms with Crippen LogP contribution in [0.4, 0.5) is 0 Å². The van der Waals surface area contributed by atoms with Crippen molar-refractivity contribution in [3.8, 4) is 0 Å². The molecule has 0 saturated heterocycles. The minimum atomic E-state index is 0.464. The Balaban J connectivity index is 3.47. The zero-order valence-corrected chi connectivity index (χ0v) is 8.33. The van der Waals surface area contributed by atoms with E-state index in [0.29, 0.717) is 5.41 Å². The molecule has 0 aromatic rings. The fourth-order valence-electron chi connectivity index (χ4n) is 1.33. The average Bonchev–Trinajstić information content (AvgIpc) is 1.59. The number of hydrogen-bond donors (Lipinski definition) is 0. The zero-order valence-electron chi connectivity index (χ0n) is 7.58. The first-order valence-corrected chi connectivity index (χ1v) is 4.55. The second kappa shape index (κ2) is 4.23. The summed E-state index contributed by atoms with van der Waals surface area (Å²) in [5.41, 5.74) is 0.464. The fraction of sp³-hybridized carbons (Fsp3) is 1.00. The molecule has 10 heavy (non-hydrogen) atoms. The molecular formula is C9H19Cl. The van der Waals surface area contributed by atoms with Gasteiger partial charge in [-0.2, -0.15) is 0 Å². The standard InChI is InChI=1S/C9H19Cl/c1-8(5-6-10)7-9(2,3)4/h8H,5-7H2,1-4H3/t8-/m0/s1. The Hall–Kier alpha value is 0.290. The average molecular weight is 163 g/mol. The smallest absolute Gasteiger partial charge is 0.0225 e. The molecule has 0 bridgehead atoms. The van der Waals surface area contributed by atoms with Crippen molar-refractivity contribution in [1.29, 1.82) is 0 Å². The molecule has 1 heteroatoms. The summed E-state index contributed by atoms with van der Waals surface area (Å²) in [5.74, 6) is 1.58. The van der Waals surface area contributed by atoms with E-state index in [9.17, 15) is 0 Å². The molecule has 0 radical (unpaired) electrons. The van der Waals surface area contributed by atoms with E-state index in [4.69, 9.17) is 11.6 Å². The Bertz CT molecular complexity index is 81.2. The molecule has 0 aliphatic heterocycles. The molecule has 0 aliphatic rings. The molecular weight excluding hydrogens is 144 g/mol. The molecule has 62 valence electrons. The second-order valence-corrected chi connectivity index (χ2v) is 4.73. The van der Waals surface area contributed by atoms with Crippen molar-refractivity contribution < 1.29 is 0 Å². The molecule has 0 unspecified atom stereocenters. The van der Waals surface area contributed by atoms with Crippen molar-refractivity contribution in [3.05, 3.63) is 0 Å². The minimum Gasteiger partial charge on any atom is -0.127 e. The van der Waals surface area contributed by atoms with Gasteiger partial charge in [-0.3, -0.25) is 0 Å². The van der Waals surface area contributed by atoms with E-state index in [0.717, 1.165) is 18.2 Å². The third-order valence-electron chi connectivity index (χ3n) is 1.56. The monoisotopic (exact) mass is 162 g/mol. The van der Waals surface area contributed by atoms with Gasteiger partial charge >= 0.3 is 0 Å². The molecule has 1 atom stereocenters. The maximum atomic E-state index is 5.63. The van der Waals surface area contributed by atoms with Crippen LogP contribution in [0, 0.1) is 11.3 Å². The lowest BCUT2D eigenvalue weighted by atomic mass is 9.84. The molecule has 0 aromatic carbocycles. The molecule has 0 spiro atoms. The molecule has 0 amide bonds. The van der Waals surface area contributed by atoms with Crippen LogP contribution < -0.4 is 0 Å². The summed E-state index contributed by atoms with van der Waals surface area (Å²) in [7, 11) is 0. The lowest BCUT2D eigenvalue weighted by Crippen LogP contribution is -2.11. The fourth-order valence-corrected chi connectivity index (χ4v) is 1.71. The van der Waals surface area contributed by atoms with Gasteiger partial charge in [0.1, 0.15) is 0 Å². The van der Waals surface area contributed by atoms with E-state index in [1.807, 2.05) is 0 Å². The summed E-state index contributed by atoms with van der Waals surface area (Å²) in [6.07, 6.45) is 2.43. The maximum Gasteiger partial charge on any atom is 0.0225 e. The molecule has 0 fully saturated rings. The van der Waals surface area contributed by atoms with Gasteiger partial charge < -0.3 is 0 Å². The minimum absolute atomic E-state index is 0.464. The molecule has 0 saturated carbocycles. The van der Waals surface area contributed by atoms with E-state index >= 15 is 0 Å². The quantitative estimate of drug-likeness (QED) is 0.556. The van der Waals surface area contributed by atoms with Crippen LogP contribution in [-0.4, -0.2) is 5.88 Å². The SMILES string of the molecule is C[C@@H](CCCl)CC(C)(C)C. The lowest BCUT2D eigenvalue weighted by Gasteiger charge is -2.22. The highest BCUT2D eigenvalue weighted by atomic mass is 35.5. The predicted molar refractivity (Wildman–Crippen MR) is 48.6 cm³/mol. The van der Waals surface area contributed by atoms with Crippen molar-refractivity contribution in [1.82, 2.24) is 0 Å². The van der Waals surface area contributed by atoms with Crippen LogP contribution >= 0.6 is 11.6 Å². The van der Waals surface area contributed by atoms with Gasteiger partial charge in [0, 0.05) is 5.88 Å². The Kier molecular flexibility index (Phi) is 4.35. The van der Waals surface area contributed by atoms with Gasteiger partial charge in [0.15, 0.2) is 0 Å². The van der Waals surface area contributed by atoms with Gasteiger partial charge in [0.05, 0.1) is 0 Å². The van der Waals surface area contributed by atoms with E-state index in [2.05, 4.69) is 27.7 Å². The van der Waals surface area contributed by atoms with E-state index in [1.54, 1.807) is 0 Å². The highest BCUT2D eigenvalue weighted by molar-refractivity contribution is 6.17. The molecule has 0 N–H and O–H groups in total. The van der Waals surface area contributed by atoms with Crippen LogP contribution in [-0.2, 0) is 0 Å². The highest BCUT2D eigenvalue weighted by Crippen LogP contribution is 2.25. The van der Waals surface area contributed by atoms with Gasteiger partial charge in [-0.25, -0.2) is 0 Å². The Morgan fingerprint density at radius 1 is 1.30 bits per heavy atom. The Morgan fingerprint density at radius 2 is 1.80 bits per heavy atom. The first-order valence-electron chi connectivity index (χ1n) is 4.01. The number of alkyl halides is 1. The first kappa shape index (κ1) is 10.3. The normalized spacial score (nSPS) is 15.3. The van der Waals surface area contributed by atoms with Crippen LogP contribution in [0.15, 0.2) is 0 Å². The molecule has 0 aliphatic carbocycles. The van der Waals surface area contributed by atoms with Gasteiger partial charge in [-0.1, -0.05) is 27.7 Å². The third kappa shape index (κ3) is 6.41. The molecule has 0 rings (SSSR count). The molecule has 0 nitrogen and oxygen atoms in total. The van der Waals surface area contributed by atoms with Gasteiger partial charge in [0.25, 0.3) is 0 Å². The largest absolute Gasteiger partial charge is 0.127 e. The number of rotatable bonds is 3. The van der Waals surface area contributed by atoms with E-state index in [1.165, 1.54) is 6.42 Å². The first-order chi connectivity index (χ1) is 4.45. The Morgan fingerprint density at radius 3 is 2.10 bits per heavy atom. The number of hydrogen-bond acceptors (Lipinski definition) is 0. The van der Waals surface area contributed by atoms with E-state index < -0.39 is 0 Å². The predicted octanol–water partition coefficient (Wildman–Crippen LogP) is 3.69. The second-order valence-electron chi connectivity index (χ2n) is 4.35. The third-order valence-corrected chi connectivity index (χ3v) is 1.78. The summed E-state index contributed by atoms with van der Waals surface area (Å²) in [4.78, 5) is 0. The van der Waals surface area contributed by atoms with Crippen molar-refractivity contribution in [2.45, 2.75) is 40.5 Å². The van der Waals surface area contributed by atoms with Crippen LogP contribution in [0.2, 0.25) is 0 Å².